The molecular weight excluding hydrogens is 212 g/mol. The van der Waals surface area contributed by atoms with Crippen molar-refractivity contribution in [3.05, 3.63) is 29.8 Å². The third-order valence-electron chi connectivity index (χ3n) is 3.47. The van der Waals surface area contributed by atoms with Gasteiger partial charge in [0.15, 0.2) is 0 Å². The van der Waals surface area contributed by atoms with E-state index in [4.69, 9.17) is 4.74 Å². The van der Waals surface area contributed by atoms with Crippen LogP contribution in [0.15, 0.2) is 24.3 Å². The molecule has 1 fully saturated rings. The van der Waals surface area contributed by atoms with Crippen molar-refractivity contribution in [2.24, 2.45) is 0 Å². The maximum absolute atomic E-state index is 9.43. The van der Waals surface area contributed by atoms with E-state index in [-0.39, 0.29) is 0 Å². The molecule has 17 heavy (non-hydrogen) atoms. The summed E-state index contributed by atoms with van der Waals surface area (Å²) >= 11 is 0. The van der Waals surface area contributed by atoms with Crippen LogP contribution in [0, 0.1) is 0 Å². The van der Waals surface area contributed by atoms with Crippen LogP contribution >= 0.6 is 0 Å². The molecule has 94 valence electrons. The Kier molecular flexibility index (Phi) is 4.43. The summed E-state index contributed by atoms with van der Waals surface area (Å²) < 4.78 is 5.99. The lowest BCUT2D eigenvalue weighted by Crippen LogP contribution is -2.14. The Balaban J connectivity index is 1.93. The molecule has 0 saturated heterocycles. The third kappa shape index (κ3) is 3.74. The molecule has 1 atom stereocenters. The van der Waals surface area contributed by atoms with E-state index in [1.54, 1.807) is 6.92 Å². The highest BCUT2D eigenvalue weighted by molar-refractivity contribution is 5.28. The number of aliphatic hydroxyl groups is 1. The maximum Gasteiger partial charge on any atom is 0.119 e. The first-order valence-electron chi connectivity index (χ1n) is 6.70. The Morgan fingerprint density at radius 2 is 1.65 bits per heavy atom. The van der Waals surface area contributed by atoms with Crippen molar-refractivity contribution >= 4 is 0 Å². The number of aliphatic hydroxyl groups excluding tert-OH is 1. The van der Waals surface area contributed by atoms with Gasteiger partial charge in [0.05, 0.1) is 12.2 Å². The van der Waals surface area contributed by atoms with Crippen LogP contribution in [0.3, 0.4) is 0 Å². The highest BCUT2D eigenvalue weighted by Crippen LogP contribution is 2.24. The Hall–Kier alpha value is -1.02. The van der Waals surface area contributed by atoms with Gasteiger partial charge in [0, 0.05) is 0 Å². The van der Waals surface area contributed by atoms with E-state index < -0.39 is 6.10 Å². The highest BCUT2D eigenvalue weighted by Gasteiger charge is 2.13. The molecule has 1 unspecified atom stereocenters. The first-order chi connectivity index (χ1) is 8.25. The quantitative estimate of drug-likeness (QED) is 0.805. The lowest BCUT2D eigenvalue weighted by molar-refractivity contribution is 0.182. The summed E-state index contributed by atoms with van der Waals surface area (Å²) in [5, 5.41) is 9.43. The van der Waals surface area contributed by atoms with Crippen LogP contribution in [0.25, 0.3) is 0 Å². The Labute approximate surface area is 104 Å². The SMILES string of the molecule is CC(O)c1ccc(OC2CCCCCC2)cc1. The predicted octanol–water partition coefficient (Wildman–Crippen LogP) is 3.84. The largest absolute Gasteiger partial charge is 0.490 e. The summed E-state index contributed by atoms with van der Waals surface area (Å²) in [6.07, 6.45) is 7.61. The van der Waals surface area contributed by atoms with E-state index in [1.165, 1.54) is 38.5 Å². The van der Waals surface area contributed by atoms with Crippen LogP contribution in [0.5, 0.6) is 5.75 Å². The fourth-order valence-electron chi connectivity index (χ4n) is 2.38. The maximum atomic E-state index is 9.43. The van der Waals surface area contributed by atoms with E-state index in [1.807, 2.05) is 24.3 Å². The van der Waals surface area contributed by atoms with Crippen molar-refractivity contribution in [3.63, 3.8) is 0 Å². The molecule has 1 aromatic rings. The van der Waals surface area contributed by atoms with Crippen LogP contribution in [0.4, 0.5) is 0 Å². The summed E-state index contributed by atoms with van der Waals surface area (Å²) in [7, 11) is 0. The Morgan fingerprint density at radius 1 is 1.06 bits per heavy atom. The van der Waals surface area contributed by atoms with Crippen LogP contribution < -0.4 is 4.74 Å². The zero-order chi connectivity index (χ0) is 12.1. The molecule has 1 saturated carbocycles. The van der Waals surface area contributed by atoms with Gasteiger partial charge < -0.3 is 9.84 Å². The zero-order valence-corrected chi connectivity index (χ0v) is 10.6. The van der Waals surface area contributed by atoms with Gasteiger partial charge in [0.25, 0.3) is 0 Å². The summed E-state index contributed by atoms with van der Waals surface area (Å²) in [6.45, 7) is 1.78. The van der Waals surface area contributed by atoms with E-state index in [0.717, 1.165) is 11.3 Å². The minimum atomic E-state index is -0.401. The zero-order valence-electron chi connectivity index (χ0n) is 10.6. The van der Waals surface area contributed by atoms with Gasteiger partial charge in [-0.3, -0.25) is 0 Å². The van der Waals surface area contributed by atoms with Crippen molar-refractivity contribution in [3.8, 4) is 5.75 Å². The van der Waals surface area contributed by atoms with Crippen molar-refractivity contribution in [2.75, 3.05) is 0 Å². The molecule has 0 aliphatic heterocycles. The molecule has 2 rings (SSSR count). The second kappa shape index (κ2) is 6.06. The summed E-state index contributed by atoms with van der Waals surface area (Å²) in [6, 6.07) is 7.81. The molecule has 2 nitrogen and oxygen atoms in total. The van der Waals surface area contributed by atoms with E-state index in [2.05, 4.69) is 0 Å². The molecule has 1 aliphatic carbocycles. The normalized spacial score (nSPS) is 19.6. The van der Waals surface area contributed by atoms with E-state index >= 15 is 0 Å². The fourth-order valence-corrected chi connectivity index (χ4v) is 2.38. The van der Waals surface area contributed by atoms with Crippen LogP contribution in [-0.2, 0) is 0 Å². The summed E-state index contributed by atoms with van der Waals surface area (Å²) in [5.74, 6) is 0.932. The van der Waals surface area contributed by atoms with Crippen LogP contribution in [0.2, 0.25) is 0 Å². The monoisotopic (exact) mass is 234 g/mol. The third-order valence-corrected chi connectivity index (χ3v) is 3.47. The number of ether oxygens (including phenoxy) is 1. The number of benzene rings is 1. The molecule has 0 radical (unpaired) electrons. The molecular formula is C15H22O2. The number of rotatable bonds is 3. The molecule has 0 aromatic heterocycles. The van der Waals surface area contributed by atoms with Crippen molar-refractivity contribution in [2.45, 2.75) is 57.7 Å². The standard InChI is InChI=1S/C15H22O2/c1-12(16)13-8-10-15(11-9-13)17-14-6-4-2-3-5-7-14/h8-12,14,16H,2-7H2,1H3. The minimum absolute atomic E-state index is 0.384. The molecule has 0 spiro atoms. The predicted molar refractivity (Wildman–Crippen MR) is 69.2 cm³/mol. The second-order valence-electron chi connectivity index (χ2n) is 4.98. The molecule has 2 heteroatoms. The van der Waals surface area contributed by atoms with Gasteiger partial charge in [-0.2, -0.15) is 0 Å². The first kappa shape index (κ1) is 12.4. The number of hydrogen-bond donors (Lipinski definition) is 1. The second-order valence-corrected chi connectivity index (χ2v) is 4.98. The van der Waals surface area contributed by atoms with Gasteiger partial charge in [-0.25, -0.2) is 0 Å². The minimum Gasteiger partial charge on any atom is -0.490 e. The molecule has 1 N–H and O–H groups in total. The molecule has 0 heterocycles. The fraction of sp³-hybridized carbons (Fsp3) is 0.600. The Bertz CT molecular complexity index is 321. The van der Waals surface area contributed by atoms with Crippen molar-refractivity contribution in [1.29, 1.82) is 0 Å². The summed E-state index contributed by atoms with van der Waals surface area (Å²) in [5.41, 5.74) is 0.943. The number of hydrogen-bond acceptors (Lipinski definition) is 2. The van der Waals surface area contributed by atoms with Gasteiger partial charge in [-0.05, 0) is 50.3 Å². The lowest BCUT2D eigenvalue weighted by Gasteiger charge is -2.17. The molecule has 1 aliphatic rings. The van der Waals surface area contributed by atoms with E-state index in [9.17, 15) is 5.11 Å². The average Bonchev–Trinajstić information content (AvgIpc) is 2.58. The van der Waals surface area contributed by atoms with Crippen molar-refractivity contribution in [1.82, 2.24) is 0 Å². The molecule has 0 bridgehead atoms. The first-order valence-corrected chi connectivity index (χ1v) is 6.70. The van der Waals surface area contributed by atoms with Gasteiger partial charge >= 0.3 is 0 Å². The van der Waals surface area contributed by atoms with E-state index in [0.29, 0.717) is 6.10 Å². The van der Waals surface area contributed by atoms with Gasteiger partial charge in [0.2, 0.25) is 0 Å². The van der Waals surface area contributed by atoms with Gasteiger partial charge in [-0.1, -0.05) is 25.0 Å². The van der Waals surface area contributed by atoms with Gasteiger partial charge in [0.1, 0.15) is 5.75 Å². The average molecular weight is 234 g/mol. The lowest BCUT2D eigenvalue weighted by atomic mass is 10.1. The van der Waals surface area contributed by atoms with Crippen molar-refractivity contribution < 1.29 is 9.84 Å². The van der Waals surface area contributed by atoms with Crippen LogP contribution in [0.1, 0.15) is 57.1 Å². The highest BCUT2D eigenvalue weighted by atomic mass is 16.5. The van der Waals surface area contributed by atoms with Gasteiger partial charge in [-0.15, -0.1) is 0 Å². The summed E-state index contributed by atoms with van der Waals surface area (Å²) in [4.78, 5) is 0. The Morgan fingerprint density at radius 3 is 2.18 bits per heavy atom. The van der Waals surface area contributed by atoms with Crippen LogP contribution in [-0.4, -0.2) is 11.2 Å². The molecule has 1 aromatic carbocycles. The smallest absolute Gasteiger partial charge is 0.119 e. The molecule has 0 amide bonds. The topological polar surface area (TPSA) is 29.5 Å².